The molecule has 2 aromatic heterocycles. The van der Waals surface area contributed by atoms with E-state index in [1.165, 1.54) is 12.1 Å². The van der Waals surface area contributed by atoms with Crippen molar-refractivity contribution < 1.29 is 9.13 Å². The number of nitrogens with one attached hydrogen (secondary N) is 2. The number of ether oxygens (including phenoxy) is 1. The minimum Gasteiger partial charge on any atom is -0.377 e. The second-order valence-electron chi connectivity index (χ2n) is 7.84. The highest BCUT2D eigenvalue weighted by atomic mass is 19.1. The molecule has 2 aliphatic heterocycles. The Morgan fingerprint density at radius 2 is 1.97 bits per heavy atom. The smallest absolute Gasteiger partial charge is 0.237 e. The fourth-order valence-electron chi connectivity index (χ4n) is 4.22. The van der Waals surface area contributed by atoms with Crippen LogP contribution in [0.2, 0.25) is 0 Å². The summed E-state index contributed by atoms with van der Waals surface area (Å²) in [5.74, 6) is 1.94. The van der Waals surface area contributed by atoms with Gasteiger partial charge in [0.15, 0.2) is 5.82 Å². The molecule has 3 aromatic rings. The van der Waals surface area contributed by atoms with Crippen LogP contribution in [-0.2, 0) is 4.74 Å². The van der Waals surface area contributed by atoms with Gasteiger partial charge in [0, 0.05) is 18.0 Å². The number of benzene rings is 1. The van der Waals surface area contributed by atoms with Crippen molar-refractivity contribution in [2.24, 2.45) is 0 Å². The van der Waals surface area contributed by atoms with Gasteiger partial charge in [-0.1, -0.05) is 6.92 Å². The highest BCUT2D eigenvalue weighted by Gasteiger charge is 2.42. The van der Waals surface area contributed by atoms with Gasteiger partial charge in [0.1, 0.15) is 29.0 Å². The number of hydrogen-bond donors (Lipinski definition) is 2. The van der Waals surface area contributed by atoms with Gasteiger partial charge in [0.05, 0.1) is 31.5 Å². The minimum atomic E-state index is -0.314. The van der Waals surface area contributed by atoms with E-state index in [9.17, 15) is 4.39 Å². The number of hydrogen-bond acceptors (Lipinski definition) is 7. The largest absolute Gasteiger partial charge is 0.377 e. The standard InChI is InChI=1S/C22H23FN8O/c1-3-17-19(25)30(13(2)24)18-10-27-22(28-21(18)31(17)16-11-32-12-16)29-9-8-26-20(29)14-4-6-15(23)7-5-14/h4-10,16-17,24-25H,3,11-12H2,1-2H3/t17-/m1/s1. The zero-order valence-corrected chi connectivity index (χ0v) is 17.8. The highest BCUT2D eigenvalue weighted by Crippen LogP contribution is 2.38. The van der Waals surface area contributed by atoms with Crippen LogP contribution in [0.15, 0.2) is 42.9 Å². The van der Waals surface area contributed by atoms with Gasteiger partial charge in [0.2, 0.25) is 5.95 Å². The second kappa shape index (κ2) is 7.79. The molecule has 0 amide bonds. The number of halogens is 1. The van der Waals surface area contributed by atoms with E-state index in [-0.39, 0.29) is 23.7 Å². The van der Waals surface area contributed by atoms with Crippen molar-refractivity contribution in [2.45, 2.75) is 32.4 Å². The van der Waals surface area contributed by atoms with E-state index in [1.54, 1.807) is 47.1 Å². The third-order valence-corrected chi connectivity index (χ3v) is 5.81. The van der Waals surface area contributed by atoms with E-state index < -0.39 is 0 Å². The van der Waals surface area contributed by atoms with Gasteiger partial charge < -0.3 is 9.64 Å². The molecule has 5 rings (SSSR count). The Labute approximate surface area is 184 Å². The maximum atomic E-state index is 13.4. The maximum absolute atomic E-state index is 13.4. The molecule has 164 valence electrons. The van der Waals surface area contributed by atoms with Crippen LogP contribution < -0.4 is 9.80 Å². The first-order valence-corrected chi connectivity index (χ1v) is 10.5. The van der Waals surface area contributed by atoms with Crippen LogP contribution in [0.3, 0.4) is 0 Å². The van der Waals surface area contributed by atoms with E-state index in [2.05, 4.69) is 14.9 Å². The van der Waals surface area contributed by atoms with Crippen LogP contribution in [0, 0.1) is 16.6 Å². The Morgan fingerprint density at radius 1 is 1.22 bits per heavy atom. The molecule has 0 unspecified atom stereocenters. The molecule has 1 fully saturated rings. The molecule has 0 spiro atoms. The number of aromatic nitrogens is 4. The third-order valence-electron chi connectivity index (χ3n) is 5.81. The zero-order valence-electron chi connectivity index (χ0n) is 17.8. The van der Waals surface area contributed by atoms with Gasteiger partial charge >= 0.3 is 0 Å². The molecule has 0 saturated carbocycles. The summed E-state index contributed by atoms with van der Waals surface area (Å²) in [6.07, 6.45) is 5.76. The van der Waals surface area contributed by atoms with Crippen LogP contribution in [0.25, 0.3) is 17.3 Å². The van der Waals surface area contributed by atoms with Crippen LogP contribution in [0.5, 0.6) is 0 Å². The molecule has 0 bridgehead atoms. The summed E-state index contributed by atoms with van der Waals surface area (Å²) in [6, 6.07) is 6.00. The summed E-state index contributed by atoms with van der Waals surface area (Å²) in [5.41, 5.74) is 1.35. The van der Waals surface area contributed by atoms with Crippen molar-refractivity contribution in [2.75, 3.05) is 23.0 Å². The first kappa shape index (κ1) is 20.3. The summed E-state index contributed by atoms with van der Waals surface area (Å²) in [7, 11) is 0. The van der Waals surface area contributed by atoms with E-state index in [0.29, 0.717) is 48.7 Å². The van der Waals surface area contributed by atoms with Crippen molar-refractivity contribution >= 4 is 23.2 Å². The van der Waals surface area contributed by atoms with Crippen molar-refractivity contribution in [1.82, 2.24) is 19.5 Å². The van der Waals surface area contributed by atoms with Crippen LogP contribution in [-0.4, -0.2) is 56.5 Å². The lowest BCUT2D eigenvalue weighted by atomic mass is 10.0. The molecule has 10 heteroatoms. The molecule has 4 heterocycles. The molecule has 0 aliphatic carbocycles. The summed E-state index contributed by atoms with van der Waals surface area (Å²) < 4.78 is 20.6. The van der Waals surface area contributed by atoms with Crippen molar-refractivity contribution in [3.63, 3.8) is 0 Å². The van der Waals surface area contributed by atoms with E-state index in [0.717, 1.165) is 5.56 Å². The monoisotopic (exact) mass is 434 g/mol. The fraction of sp³-hybridized carbons (Fsp3) is 0.318. The quantitative estimate of drug-likeness (QED) is 0.482. The summed E-state index contributed by atoms with van der Waals surface area (Å²) >= 11 is 0. The van der Waals surface area contributed by atoms with Crippen LogP contribution in [0.4, 0.5) is 15.9 Å². The molecular weight excluding hydrogens is 411 g/mol. The molecule has 1 aromatic carbocycles. The van der Waals surface area contributed by atoms with Gasteiger partial charge in [0.25, 0.3) is 0 Å². The Kier molecular flexibility index (Phi) is 4.93. The van der Waals surface area contributed by atoms with E-state index in [4.69, 9.17) is 20.5 Å². The van der Waals surface area contributed by atoms with Crippen molar-refractivity contribution in [1.29, 1.82) is 10.8 Å². The topological polar surface area (TPSA) is 107 Å². The Balaban J connectivity index is 1.65. The first-order chi connectivity index (χ1) is 15.5. The Morgan fingerprint density at radius 3 is 2.59 bits per heavy atom. The van der Waals surface area contributed by atoms with Crippen molar-refractivity contribution in [3.8, 4) is 17.3 Å². The van der Waals surface area contributed by atoms with Gasteiger partial charge in [-0.15, -0.1) is 0 Å². The van der Waals surface area contributed by atoms with Crippen LogP contribution in [0.1, 0.15) is 20.3 Å². The molecule has 1 atom stereocenters. The number of nitrogens with zero attached hydrogens (tertiary/aromatic N) is 6. The summed E-state index contributed by atoms with van der Waals surface area (Å²) in [5, 5.41) is 17.0. The maximum Gasteiger partial charge on any atom is 0.237 e. The number of amidine groups is 2. The average Bonchev–Trinajstić information content (AvgIpc) is 3.22. The molecule has 9 nitrogen and oxygen atoms in total. The van der Waals surface area contributed by atoms with Crippen molar-refractivity contribution in [3.05, 3.63) is 48.7 Å². The lowest BCUT2D eigenvalue weighted by molar-refractivity contribution is 0.00606. The molecular formula is C22H23FN8O. The zero-order chi connectivity index (χ0) is 22.4. The Bertz CT molecular complexity index is 1190. The van der Waals surface area contributed by atoms with Gasteiger partial charge in [-0.05, 0) is 37.6 Å². The van der Waals surface area contributed by atoms with Gasteiger partial charge in [-0.3, -0.25) is 20.3 Å². The first-order valence-electron chi connectivity index (χ1n) is 10.5. The lowest BCUT2D eigenvalue weighted by Crippen LogP contribution is -2.62. The molecule has 32 heavy (non-hydrogen) atoms. The van der Waals surface area contributed by atoms with Gasteiger partial charge in [-0.2, -0.15) is 4.98 Å². The minimum absolute atomic E-state index is 0.106. The predicted molar refractivity (Wildman–Crippen MR) is 119 cm³/mol. The van der Waals surface area contributed by atoms with E-state index in [1.807, 2.05) is 6.92 Å². The number of rotatable bonds is 4. The predicted octanol–water partition coefficient (Wildman–Crippen LogP) is 3.25. The third kappa shape index (κ3) is 3.14. The normalized spacial score (nSPS) is 18.5. The molecule has 0 radical (unpaired) electrons. The lowest BCUT2D eigenvalue weighted by Gasteiger charge is -2.48. The Hall–Kier alpha value is -3.66. The molecule has 2 N–H and O–H groups in total. The molecule has 2 aliphatic rings. The fourth-order valence-corrected chi connectivity index (χ4v) is 4.22. The van der Waals surface area contributed by atoms with Gasteiger partial charge in [-0.25, -0.2) is 14.4 Å². The highest BCUT2D eigenvalue weighted by molar-refractivity contribution is 6.21. The second-order valence-corrected chi connectivity index (χ2v) is 7.84. The summed E-state index contributed by atoms with van der Waals surface area (Å²) in [4.78, 5) is 17.6. The van der Waals surface area contributed by atoms with E-state index >= 15 is 0 Å². The molecule has 1 saturated heterocycles. The number of fused-ring (bicyclic) bond motifs is 1. The average molecular weight is 434 g/mol. The number of anilines is 2. The SMILES string of the molecule is CC[C@@H]1C(=N)N(C(C)=N)c2cnc(-n3ccnc3-c3ccc(F)cc3)nc2N1C1COC1. The van der Waals surface area contributed by atoms with Crippen LogP contribution >= 0.6 is 0 Å². The summed E-state index contributed by atoms with van der Waals surface area (Å²) in [6.45, 7) is 4.82. The number of imidazole rings is 1.